The highest BCUT2D eigenvalue weighted by Gasteiger charge is 2.06. The van der Waals surface area contributed by atoms with E-state index < -0.39 is 0 Å². The lowest BCUT2D eigenvalue weighted by molar-refractivity contribution is 0.315. The van der Waals surface area contributed by atoms with E-state index in [9.17, 15) is 0 Å². The Morgan fingerprint density at radius 2 is 1.55 bits per heavy atom. The average Bonchev–Trinajstić information content (AvgIpc) is 2.75. The van der Waals surface area contributed by atoms with E-state index in [1.54, 1.807) is 0 Å². The van der Waals surface area contributed by atoms with E-state index in [0.29, 0.717) is 13.2 Å². The van der Waals surface area contributed by atoms with Gasteiger partial charge in [-0.05, 0) is 75.0 Å². The summed E-state index contributed by atoms with van der Waals surface area (Å²) < 4.78 is 7.03. The fourth-order valence-corrected chi connectivity index (χ4v) is 4.11. The summed E-state index contributed by atoms with van der Waals surface area (Å²) in [5.41, 5.74) is 11.8. The van der Waals surface area contributed by atoms with E-state index in [1.807, 2.05) is 12.1 Å². The van der Waals surface area contributed by atoms with Crippen LogP contribution in [0.4, 0.5) is 0 Å². The summed E-state index contributed by atoms with van der Waals surface area (Å²) in [6.45, 7) is 5.13. The molecule has 3 nitrogen and oxygen atoms in total. The van der Waals surface area contributed by atoms with E-state index in [-0.39, 0.29) is 0 Å². The molecule has 0 unspecified atom stereocenters. The highest BCUT2D eigenvalue weighted by molar-refractivity contribution is 14.1. The first-order valence-electron chi connectivity index (χ1n) is 10.2. The minimum Gasteiger partial charge on any atom is -0.492 e. The van der Waals surface area contributed by atoms with E-state index >= 15 is 0 Å². The molecule has 0 spiro atoms. The summed E-state index contributed by atoms with van der Waals surface area (Å²) in [6.07, 6.45) is 2.32. The maximum absolute atomic E-state index is 5.77. The number of hydrogen-bond acceptors (Lipinski definition) is 3. The Hall–Kier alpha value is -1.89. The van der Waals surface area contributed by atoms with E-state index in [4.69, 9.17) is 10.5 Å². The molecule has 0 aromatic heterocycles. The minimum absolute atomic E-state index is 0.642. The van der Waals surface area contributed by atoms with Crippen LogP contribution in [0.2, 0.25) is 0 Å². The topological polar surface area (TPSA) is 47.3 Å². The van der Waals surface area contributed by atoms with Crippen molar-refractivity contribution in [2.24, 2.45) is 5.73 Å². The minimum atomic E-state index is 0.642. The first kappa shape index (κ1) is 21.8. The smallest absolute Gasteiger partial charge is 0.119 e. The molecule has 0 bridgehead atoms. The van der Waals surface area contributed by atoms with Gasteiger partial charge in [0.25, 0.3) is 0 Å². The fourth-order valence-electron chi connectivity index (χ4n) is 3.28. The third kappa shape index (κ3) is 6.29. The van der Waals surface area contributed by atoms with Gasteiger partial charge in [-0.15, -0.1) is 0 Å². The number of nitrogens with one attached hydrogen (secondary N) is 1. The highest BCUT2D eigenvalue weighted by atomic mass is 127. The van der Waals surface area contributed by atoms with Crippen molar-refractivity contribution in [2.75, 3.05) is 26.2 Å². The van der Waals surface area contributed by atoms with Gasteiger partial charge in [-0.1, -0.05) is 61.9 Å². The molecule has 3 aromatic carbocycles. The molecule has 3 N–H and O–H groups in total. The van der Waals surface area contributed by atoms with Crippen LogP contribution >= 0.6 is 22.6 Å². The van der Waals surface area contributed by atoms with Crippen molar-refractivity contribution in [1.82, 2.24) is 5.32 Å². The van der Waals surface area contributed by atoms with Gasteiger partial charge < -0.3 is 15.8 Å². The van der Waals surface area contributed by atoms with Crippen LogP contribution in [0.15, 0.2) is 66.7 Å². The van der Waals surface area contributed by atoms with Crippen LogP contribution < -0.4 is 15.8 Å². The zero-order chi connectivity index (χ0) is 20.5. The predicted molar refractivity (Wildman–Crippen MR) is 131 cm³/mol. The Morgan fingerprint density at radius 3 is 2.21 bits per heavy atom. The molecule has 3 rings (SSSR count). The molecule has 0 saturated heterocycles. The van der Waals surface area contributed by atoms with Crippen molar-refractivity contribution < 1.29 is 4.74 Å². The molecule has 0 fully saturated rings. The molecule has 29 heavy (non-hydrogen) atoms. The lowest BCUT2D eigenvalue weighted by Crippen LogP contribution is -2.26. The second-order valence-corrected chi connectivity index (χ2v) is 8.22. The molecule has 4 heteroatoms. The van der Waals surface area contributed by atoms with Crippen LogP contribution in [0, 0.1) is 3.57 Å². The molecular formula is C25H29IN2O. The number of ether oxygens (including phenoxy) is 1. The Bertz CT molecular complexity index is 892. The summed E-state index contributed by atoms with van der Waals surface area (Å²) in [6, 6.07) is 23.9. The van der Waals surface area contributed by atoms with Gasteiger partial charge in [-0.3, -0.25) is 0 Å². The quantitative estimate of drug-likeness (QED) is 0.285. The molecule has 0 amide bonds. The van der Waals surface area contributed by atoms with E-state index in [1.165, 1.54) is 37.8 Å². The van der Waals surface area contributed by atoms with Gasteiger partial charge in [0.2, 0.25) is 0 Å². The first-order chi connectivity index (χ1) is 14.2. The number of nitrogens with two attached hydrogens (primary N) is 1. The molecule has 0 atom stereocenters. The van der Waals surface area contributed by atoms with Gasteiger partial charge >= 0.3 is 0 Å². The standard InChI is InChI=1S/C25H29IN2O/c1-2-3-19-4-6-21(7-5-19)24-13-10-22(18-25(24)26)20-8-11-23(12-9-20)29-17-16-28-15-14-27/h4-13,18,28H,2-3,14-17,27H2,1H3. The third-order valence-electron chi connectivity index (χ3n) is 4.83. The van der Waals surface area contributed by atoms with Crippen molar-refractivity contribution in [2.45, 2.75) is 19.8 Å². The summed E-state index contributed by atoms with van der Waals surface area (Å²) in [7, 11) is 0. The fraction of sp³-hybridized carbons (Fsp3) is 0.280. The van der Waals surface area contributed by atoms with Crippen molar-refractivity contribution in [3.8, 4) is 28.0 Å². The van der Waals surface area contributed by atoms with Crippen LogP contribution in [0.25, 0.3) is 22.3 Å². The Kier molecular flexibility index (Phi) is 8.52. The second-order valence-electron chi connectivity index (χ2n) is 7.05. The molecule has 0 saturated carbocycles. The Balaban J connectivity index is 1.66. The van der Waals surface area contributed by atoms with Gasteiger partial charge in [-0.25, -0.2) is 0 Å². The van der Waals surface area contributed by atoms with Gasteiger partial charge in [0.1, 0.15) is 12.4 Å². The molecule has 152 valence electrons. The van der Waals surface area contributed by atoms with Crippen LogP contribution in [0.5, 0.6) is 5.75 Å². The van der Waals surface area contributed by atoms with Crippen molar-refractivity contribution in [3.05, 3.63) is 75.9 Å². The Labute approximate surface area is 187 Å². The second kappa shape index (κ2) is 11.3. The van der Waals surface area contributed by atoms with Gasteiger partial charge in [0, 0.05) is 23.2 Å². The van der Waals surface area contributed by atoms with Crippen LogP contribution in [0.1, 0.15) is 18.9 Å². The van der Waals surface area contributed by atoms with Gasteiger partial charge in [0.15, 0.2) is 0 Å². The van der Waals surface area contributed by atoms with Crippen molar-refractivity contribution in [1.29, 1.82) is 0 Å². The molecule has 0 aliphatic heterocycles. The lowest BCUT2D eigenvalue weighted by atomic mass is 9.99. The van der Waals surface area contributed by atoms with Gasteiger partial charge in [0.05, 0.1) is 0 Å². The van der Waals surface area contributed by atoms with E-state index in [0.717, 1.165) is 25.3 Å². The summed E-state index contributed by atoms with van der Waals surface area (Å²) >= 11 is 2.44. The largest absolute Gasteiger partial charge is 0.492 e. The lowest BCUT2D eigenvalue weighted by Gasteiger charge is -2.10. The maximum atomic E-state index is 5.77. The predicted octanol–water partition coefficient (Wildman–Crippen LogP) is 5.50. The number of halogens is 1. The monoisotopic (exact) mass is 500 g/mol. The third-order valence-corrected chi connectivity index (χ3v) is 5.72. The van der Waals surface area contributed by atoms with Crippen molar-refractivity contribution in [3.63, 3.8) is 0 Å². The van der Waals surface area contributed by atoms with Crippen LogP contribution in [-0.4, -0.2) is 26.2 Å². The summed E-state index contributed by atoms with van der Waals surface area (Å²) in [5.74, 6) is 0.891. The number of benzene rings is 3. The molecule has 0 radical (unpaired) electrons. The molecule has 0 aliphatic rings. The van der Waals surface area contributed by atoms with Crippen LogP contribution in [-0.2, 0) is 6.42 Å². The zero-order valence-corrected chi connectivity index (χ0v) is 19.1. The average molecular weight is 500 g/mol. The van der Waals surface area contributed by atoms with E-state index in [2.05, 4.69) is 89.4 Å². The molecule has 0 aliphatic carbocycles. The first-order valence-corrected chi connectivity index (χ1v) is 11.3. The zero-order valence-electron chi connectivity index (χ0n) is 17.0. The number of rotatable bonds is 10. The Morgan fingerprint density at radius 1 is 0.862 bits per heavy atom. The SMILES string of the molecule is CCCc1ccc(-c2ccc(-c3ccc(OCCNCCN)cc3)cc2I)cc1. The normalized spacial score (nSPS) is 10.9. The maximum Gasteiger partial charge on any atom is 0.119 e. The van der Waals surface area contributed by atoms with Crippen LogP contribution in [0.3, 0.4) is 0 Å². The van der Waals surface area contributed by atoms with Crippen molar-refractivity contribution >= 4 is 22.6 Å². The summed E-state index contributed by atoms with van der Waals surface area (Å²) in [4.78, 5) is 0. The summed E-state index contributed by atoms with van der Waals surface area (Å²) in [5, 5.41) is 3.23. The molecular weight excluding hydrogens is 471 g/mol. The molecule has 3 aromatic rings. The highest BCUT2D eigenvalue weighted by Crippen LogP contribution is 2.31. The van der Waals surface area contributed by atoms with Gasteiger partial charge in [-0.2, -0.15) is 0 Å². The molecule has 0 heterocycles. The number of aryl methyl sites for hydroxylation is 1. The number of hydrogen-bond donors (Lipinski definition) is 2.